The normalized spacial score (nSPS) is 18.2. The first-order valence-corrected chi connectivity index (χ1v) is 8.20. The number of rotatable bonds is 3. The Balaban J connectivity index is 1.47. The number of hydrogen-bond acceptors (Lipinski definition) is 4. The maximum atomic E-state index is 12.6. The second-order valence-electron chi connectivity index (χ2n) is 5.91. The molecule has 5 nitrogen and oxygen atoms in total. The van der Waals surface area contributed by atoms with Gasteiger partial charge in [-0.05, 0) is 12.1 Å². The first-order valence-electron chi connectivity index (χ1n) is 8.20. The van der Waals surface area contributed by atoms with Crippen molar-refractivity contribution in [2.24, 2.45) is 0 Å². The zero-order valence-corrected chi connectivity index (χ0v) is 13.3. The lowest BCUT2D eigenvalue weighted by atomic mass is 10.0. The second kappa shape index (κ2) is 6.43. The van der Waals surface area contributed by atoms with Crippen LogP contribution in [0.2, 0.25) is 0 Å². The van der Waals surface area contributed by atoms with Crippen molar-refractivity contribution in [3.8, 4) is 17.2 Å². The standard InChI is InChI=1S/C19H19NO4/c21-19(15-12-24-16-7-2-1-6-14(15)16)20-11-13-5-3-8-17-18(13)23-10-4-9-22-17/h1-3,5-8,15H,4,9-12H2,(H,20,21). The van der Waals surface area contributed by atoms with Crippen LogP contribution in [0.4, 0.5) is 0 Å². The van der Waals surface area contributed by atoms with E-state index in [-0.39, 0.29) is 11.8 Å². The van der Waals surface area contributed by atoms with E-state index in [1.54, 1.807) is 0 Å². The van der Waals surface area contributed by atoms with E-state index >= 15 is 0 Å². The van der Waals surface area contributed by atoms with Crippen LogP contribution in [0.5, 0.6) is 17.2 Å². The van der Waals surface area contributed by atoms with Gasteiger partial charge in [-0.1, -0.05) is 30.3 Å². The first kappa shape index (κ1) is 14.9. The lowest BCUT2D eigenvalue weighted by Crippen LogP contribution is -2.29. The summed E-state index contributed by atoms with van der Waals surface area (Å²) in [6.07, 6.45) is 0.858. The van der Waals surface area contributed by atoms with E-state index in [9.17, 15) is 4.79 Å². The zero-order chi connectivity index (χ0) is 16.4. The van der Waals surface area contributed by atoms with Gasteiger partial charge in [-0.25, -0.2) is 0 Å². The fourth-order valence-corrected chi connectivity index (χ4v) is 3.08. The van der Waals surface area contributed by atoms with Crippen molar-refractivity contribution in [3.63, 3.8) is 0 Å². The molecule has 2 aliphatic rings. The van der Waals surface area contributed by atoms with Crippen LogP contribution in [-0.2, 0) is 11.3 Å². The van der Waals surface area contributed by atoms with Crippen molar-refractivity contribution >= 4 is 5.91 Å². The smallest absolute Gasteiger partial charge is 0.231 e. The SMILES string of the molecule is O=C(NCc1cccc2c1OCCCO2)C1COc2ccccc21. The number of para-hydroxylation sites is 2. The van der Waals surface area contributed by atoms with Gasteiger partial charge in [0, 0.05) is 24.1 Å². The average Bonchev–Trinajstić information content (AvgIpc) is 2.89. The molecule has 0 bridgehead atoms. The highest BCUT2D eigenvalue weighted by Gasteiger charge is 2.30. The van der Waals surface area contributed by atoms with E-state index in [4.69, 9.17) is 14.2 Å². The van der Waals surface area contributed by atoms with Crippen molar-refractivity contribution in [1.82, 2.24) is 5.32 Å². The lowest BCUT2D eigenvalue weighted by Gasteiger charge is -2.14. The number of carbonyl (C=O) groups is 1. The number of nitrogens with one attached hydrogen (secondary N) is 1. The van der Waals surface area contributed by atoms with Crippen LogP contribution in [0, 0.1) is 0 Å². The molecule has 0 saturated carbocycles. The first-order chi connectivity index (χ1) is 11.8. The van der Waals surface area contributed by atoms with Crippen molar-refractivity contribution in [3.05, 3.63) is 53.6 Å². The maximum absolute atomic E-state index is 12.6. The van der Waals surface area contributed by atoms with Crippen LogP contribution in [0.15, 0.2) is 42.5 Å². The third kappa shape index (κ3) is 2.77. The number of benzene rings is 2. The van der Waals surface area contributed by atoms with E-state index < -0.39 is 0 Å². The second-order valence-corrected chi connectivity index (χ2v) is 5.91. The molecule has 0 radical (unpaired) electrons. The molecule has 1 amide bonds. The van der Waals surface area contributed by atoms with Crippen molar-refractivity contribution in [2.45, 2.75) is 18.9 Å². The maximum Gasteiger partial charge on any atom is 0.231 e. The van der Waals surface area contributed by atoms with Gasteiger partial charge in [-0.2, -0.15) is 0 Å². The summed E-state index contributed by atoms with van der Waals surface area (Å²) in [6.45, 7) is 2.07. The van der Waals surface area contributed by atoms with Gasteiger partial charge < -0.3 is 19.5 Å². The van der Waals surface area contributed by atoms with Crippen LogP contribution >= 0.6 is 0 Å². The summed E-state index contributed by atoms with van der Waals surface area (Å²) in [6, 6.07) is 13.4. The zero-order valence-electron chi connectivity index (χ0n) is 13.3. The van der Waals surface area contributed by atoms with Gasteiger partial charge in [0.25, 0.3) is 0 Å². The number of carbonyl (C=O) groups excluding carboxylic acids is 1. The average molecular weight is 325 g/mol. The topological polar surface area (TPSA) is 56.8 Å². The molecule has 0 aliphatic carbocycles. The minimum absolute atomic E-state index is 0.0351. The third-order valence-electron chi connectivity index (χ3n) is 4.32. The van der Waals surface area contributed by atoms with Crippen molar-refractivity contribution in [2.75, 3.05) is 19.8 Å². The number of hydrogen-bond donors (Lipinski definition) is 1. The molecular weight excluding hydrogens is 306 g/mol. The third-order valence-corrected chi connectivity index (χ3v) is 4.32. The molecule has 5 heteroatoms. The van der Waals surface area contributed by atoms with Gasteiger partial charge in [0.2, 0.25) is 5.91 Å². The molecule has 2 heterocycles. The quantitative estimate of drug-likeness (QED) is 0.942. The molecule has 1 unspecified atom stereocenters. The molecule has 1 atom stereocenters. The summed E-state index contributed by atoms with van der Waals surface area (Å²) < 4.78 is 17.1. The minimum Gasteiger partial charge on any atom is -0.492 e. The highest BCUT2D eigenvalue weighted by molar-refractivity contribution is 5.85. The van der Waals surface area contributed by atoms with Gasteiger partial charge in [0.1, 0.15) is 18.3 Å². The molecule has 2 aliphatic heterocycles. The van der Waals surface area contributed by atoms with Crippen LogP contribution in [-0.4, -0.2) is 25.7 Å². The summed E-state index contributed by atoms with van der Waals surface area (Å²) in [7, 11) is 0. The molecule has 1 N–H and O–H groups in total. The Labute approximate surface area is 140 Å². The Morgan fingerprint density at radius 3 is 2.79 bits per heavy atom. The van der Waals surface area contributed by atoms with Crippen molar-refractivity contribution in [1.29, 1.82) is 0 Å². The summed E-state index contributed by atoms with van der Waals surface area (Å²) in [5.41, 5.74) is 1.87. The summed E-state index contributed by atoms with van der Waals surface area (Å²) in [4.78, 5) is 12.6. The molecule has 4 rings (SSSR count). The van der Waals surface area contributed by atoms with Crippen LogP contribution < -0.4 is 19.5 Å². The summed E-state index contributed by atoms with van der Waals surface area (Å²) >= 11 is 0. The van der Waals surface area contributed by atoms with Crippen LogP contribution in [0.25, 0.3) is 0 Å². The van der Waals surface area contributed by atoms with E-state index in [1.165, 1.54) is 0 Å². The number of amides is 1. The van der Waals surface area contributed by atoms with Gasteiger partial charge in [0.05, 0.1) is 13.2 Å². The number of ether oxygens (including phenoxy) is 3. The Morgan fingerprint density at radius 2 is 1.83 bits per heavy atom. The molecule has 124 valence electrons. The van der Waals surface area contributed by atoms with Crippen LogP contribution in [0.3, 0.4) is 0 Å². The van der Waals surface area contributed by atoms with Crippen molar-refractivity contribution < 1.29 is 19.0 Å². The molecule has 0 fully saturated rings. The van der Waals surface area contributed by atoms with Gasteiger partial charge in [-0.15, -0.1) is 0 Å². The molecule has 0 aromatic heterocycles. The van der Waals surface area contributed by atoms with Gasteiger partial charge >= 0.3 is 0 Å². The molecule has 0 spiro atoms. The monoisotopic (exact) mass is 325 g/mol. The Kier molecular flexibility index (Phi) is 3.99. The molecular formula is C19H19NO4. The predicted molar refractivity (Wildman–Crippen MR) is 88.6 cm³/mol. The summed E-state index contributed by atoms with van der Waals surface area (Å²) in [5, 5.41) is 3.00. The Morgan fingerprint density at radius 1 is 1.00 bits per heavy atom. The fraction of sp³-hybridized carbons (Fsp3) is 0.316. The minimum atomic E-state index is -0.263. The Bertz CT molecular complexity index is 759. The molecule has 2 aromatic rings. The molecule has 2 aromatic carbocycles. The molecule has 24 heavy (non-hydrogen) atoms. The van der Waals surface area contributed by atoms with Gasteiger partial charge in [-0.3, -0.25) is 4.79 Å². The largest absolute Gasteiger partial charge is 0.492 e. The van der Waals surface area contributed by atoms with E-state index in [2.05, 4.69) is 5.32 Å². The predicted octanol–water partition coefficient (Wildman–Crippen LogP) is 2.64. The van der Waals surface area contributed by atoms with Gasteiger partial charge in [0.15, 0.2) is 11.5 Å². The highest BCUT2D eigenvalue weighted by atomic mass is 16.5. The number of fused-ring (bicyclic) bond motifs is 2. The van der Waals surface area contributed by atoms with Crippen LogP contribution in [0.1, 0.15) is 23.5 Å². The fourth-order valence-electron chi connectivity index (χ4n) is 3.08. The van der Waals surface area contributed by atoms with E-state index in [0.29, 0.717) is 26.4 Å². The summed E-state index contributed by atoms with van der Waals surface area (Å²) in [5.74, 6) is 1.97. The Hall–Kier alpha value is -2.69. The van der Waals surface area contributed by atoms with E-state index in [0.717, 1.165) is 34.8 Å². The highest BCUT2D eigenvalue weighted by Crippen LogP contribution is 2.35. The molecule has 0 saturated heterocycles. The lowest BCUT2D eigenvalue weighted by molar-refractivity contribution is -0.122. The van der Waals surface area contributed by atoms with E-state index in [1.807, 2.05) is 42.5 Å².